The van der Waals surface area contributed by atoms with E-state index in [1.807, 2.05) is 0 Å². The minimum Gasteiger partial charge on any atom is -0.477 e. The molecule has 154 valence electrons. The third kappa shape index (κ3) is 7.53. The number of rotatable bonds is 5. The van der Waals surface area contributed by atoms with Crippen molar-refractivity contribution >= 4 is 36.7 Å². The molecule has 1 saturated heterocycles. The van der Waals surface area contributed by atoms with Gasteiger partial charge in [0.05, 0.1) is 18.8 Å². The maximum atomic E-state index is 11.1. The second kappa shape index (κ2) is 12.5. The first-order valence-electron chi connectivity index (χ1n) is 6.18. The highest BCUT2D eigenvalue weighted by molar-refractivity contribution is 5.85. The molecule has 0 aliphatic carbocycles. The average molecular weight is 418 g/mol. The summed E-state index contributed by atoms with van der Waals surface area (Å²) in [6.07, 6.45) is -7.48. The Hall–Kier alpha value is -0.800. The Labute approximate surface area is 154 Å². The van der Waals surface area contributed by atoms with Crippen LogP contribution in [0.5, 0.6) is 0 Å². The first-order valence-corrected chi connectivity index (χ1v) is 6.18. The van der Waals surface area contributed by atoms with Gasteiger partial charge in [-0.1, -0.05) is 0 Å². The standard InChI is InChI=1S/C11H19NO9.2ClH.2H2O/c1-4(14)12-7-5(15)2-11(20,10(18)19)21-9(7)8(17)6(16)3-13;;;;/h5-9,13,15-17,20H,2-3H2,1H3,(H,12,14)(H,18,19);2*1H;2*1H2/t5-,6?,7+,8?,9+,11?;;;;/m0..../s1. The van der Waals surface area contributed by atoms with Crippen LogP contribution in [0.4, 0.5) is 0 Å². The van der Waals surface area contributed by atoms with Gasteiger partial charge in [-0.05, 0) is 0 Å². The molecular formula is C11H25Cl2NO11. The van der Waals surface area contributed by atoms with E-state index in [1.165, 1.54) is 0 Å². The van der Waals surface area contributed by atoms with Crippen molar-refractivity contribution in [3.05, 3.63) is 0 Å². The molecule has 0 spiro atoms. The molecule has 0 aromatic heterocycles. The van der Waals surface area contributed by atoms with E-state index in [2.05, 4.69) is 5.32 Å². The first-order chi connectivity index (χ1) is 9.62. The zero-order valence-electron chi connectivity index (χ0n) is 13.0. The molecule has 1 heterocycles. The fraction of sp³-hybridized carbons (Fsp3) is 0.818. The van der Waals surface area contributed by atoms with Gasteiger partial charge in [-0.25, -0.2) is 4.79 Å². The topological polar surface area (TPSA) is 240 Å². The van der Waals surface area contributed by atoms with E-state index >= 15 is 0 Å². The summed E-state index contributed by atoms with van der Waals surface area (Å²) in [5.74, 6) is -5.17. The largest absolute Gasteiger partial charge is 0.477 e. The summed E-state index contributed by atoms with van der Waals surface area (Å²) in [5.41, 5.74) is 0. The highest BCUT2D eigenvalue weighted by atomic mass is 35.5. The summed E-state index contributed by atoms with van der Waals surface area (Å²) in [7, 11) is 0. The Morgan fingerprint density at radius 3 is 2.12 bits per heavy atom. The van der Waals surface area contributed by atoms with Crippen LogP contribution >= 0.6 is 24.8 Å². The van der Waals surface area contributed by atoms with E-state index < -0.39 is 61.1 Å². The molecule has 0 aromatic carbocycles. The van der Waals surface area contributed by atoms with E-state index in [4.69, 9.17) is 14.9 Å². The van der Waals surface area contributed by atoms with Gasteiger partial charge in [-0.2, -0.15) is 0 Å². The Morgan fingerprint density at radius 2 is 1.76 bits per heavy atom. The van der Waals surface area contributed by atoms with Crippen molar-refractivity contribution in [3.63, 3.8) is 0 Å². The number of amides is 1. The van der Waals surface area contributed by atoms with Crippen LogP contribution in [-0.2, 0) is 14.3 Å². The minimum atomic E-state index is -2.78. The Morgan fingerprint density at radius 1 is 1.28 bits per heavy atom. The first kappa shape index (κ1) is 31.9. The monoisotopic (exact) mass is 417 g/mol. The lowest BCUT2D eigenvalue weighted by Crippen LogP contribution is -2.67. The van der Waals surface area contributed by atoms with Crippen LogP contribution in [-0.4, -0.2) is 96.3 Å². The maximum absolute atomic E-state index is 11.1. The summed E-state index contributed by atoms with van der Waals surface area (Å²) >= 11 is 0. The van der Waals surface area contributed by atoms with Gasteiger partial charge >= 0.3 is 5.97 Å². The molecule has 0 radical (unpaired) electrons. The highest BCUT2D eigenvalue weighted by Gasteiger charge is 2.53. The Kier molecular flexibility index (Phi) is 16.0. The Balaban J connectivity index is -0.000000551. The number of hydrogen-bond acceptors (Lipinski definition) is 8. The normalized spacial score (nSPS) is 30.1. The molecule has 1 aliphatic rings. The fourth-order valence-corrected chi connectivity index (χ4v) is 2.14. The van der Waals surface area contributed by atoms with Crippen LogP contribution < -0.4 is 5.32 Å². The van der Waals surface area contributed by atoms with Gasteiger partial charge in [-0.15, -0.1) is 24.8 Å². The highest BCUT2D eigenvalue weighted by Crippen LogP contribution is 2.30. The SMILES string of the molecule is CC(=O)N[C@@H]1[C@@H](O)CC(O)(C(=O)O)O[C@H]1C(O)C(O)CO.Cl.Cl.O.O. The summed E-state index contributed by atoms with van der Waals surface area (Å²) in [5, 5.41) is 59.0. The van der Waals surface area contributed by atoms with Gasteiger partial charge in [0.1, 0.15) is 18.3 Å². The van der Waals surface area contributed by atoms with E-state index in [1.54, 1.807) is 0 Å². The molecule has 1 rings (SSSR count). The zero-order valence-corrected chi connectivity index (χ0v) is 14.7. The fourth-order valence-electron chi connectivity index (χ4n) is 2.14. The molecule has 1 aliphatic heterocycles. The molecule has 0 aromatic rings. The molecule has 3 unspecified atom stereocenters. The number of hydrogen-bond donors (Lipinski definition) is 7. The van der Waals surface area contributed by atoms with Crippen molar-refractivity contribution in [2.24, 2.45) is 0 Å². The zero-order chi connectivity index (χ0) is 16.4. The van der Waals surface area contributed by atoms with Gasteiger partial charge in [-0.3, -0.25) is 4.79 Å². The number of carbonyl (C=O) groups is 2. The number of carboxylic acids is 1. The Bertz CT molecular complexity index is 415. The van der Waals surface area contributed by atoms with Crippen LogP contribution in [0.2, 0.25) is 0 Å². The molecule has 1 fully saturated rings. The molecule has 25 heavy (non-hydrogen) atoms. The summed E-state index contributed by atoms with van der Waals surface area (Å²) in [4.78, 5) is 22.1. The summed E-state index contributed by atoms with van der Waals surface area (Å²) < 4.78 is 4.86. The van der Waals surface area contributed by atoms with Crippen molar-refractivity contribution in [2.45, 2.75) is 49.6 Å². The van der Waals surface area contributed by atoms with Gasteiger partial charge in [0.25, 0.3) is 5.79 Å². The smallest absolute Gasteiger partial charge is 0.364 e. The lowest BCUT2D eigenvalue weighted by atomic mass is 9.88. The second-order valence-corrected chi connectivity index (χ2v) is 4.91. The van der Waals surface area contributed by atoms with E-state index in [0.29, 0.717) is 0 Å². The van der Waals surface area contributed by atoms with Crippen LogP contribution in [0.15, 0.2) is 0 Å². The molecular weight excluding hydrogens is 393 g/mol. The van der Waals surface area contributed by atoms with Gasteiger partial charge in [0.15, 0.2) is 0 Å². The molecule has 0 saturated carbocycles. The van der Waals surface area contributed by atoms with Crippen molar-refractivity contribution in [2.75, 3.05) is 6.61 Å². The molecule has 14 heteroatoms. The van der Waals surface area contributed by atoms with Gasteiger partial charge in [0.2, 0.25) is 5.91 Å². The van der Waals surface area contributed by atoms with Crippen molar-refractivity contribution in [1.82, 2.24) is 5.32 Å². The van der Waals surface area contributed by atoms with Crippen LogP contribution in [0.25, 0.3) is 0 Å². The van der Waals surface area contributed by atoms with Crippen molar-refractivity contribution in [1.29, 1.82) is 0 Å². The number of carboxylic acid groups (broad SMARTS) is 1. The number of halogens is 2. The lowest BCUT2D eigenvalue weighted by molar-refractivity contribution is -0.295. The predicted octanol–water partition coefficient (Wildman–Crippen LogP) is -4.68. The van der Waals surface area contributed by atoms with E-state index in [9.17, 15) is 30.0 Å². The molecule has 12 nitrogen and oxygen atoms in total. The second-order valence-electron chi connectivity index (χ2n) is 4.91. The number of ether oxygens (including phenoxy) is 1. The lowest BCUT2D eigenvalue weighted by Gasteiger charge is -2.44. The average Bonchev–Trinajstić information content (AvgIpc) is 2.39. The summed E-state index contributed by atoms with van der Waals surface area (Å²) in [6, 6.07) is -1.27. The van der Waals surface area contributed by atoms with Gasteiger partial charge < -0.3 is 51.6 Å². The summed E-state index contributed by atoms with van der Waals surface area (Å²) in [6.45, 7) is 0.256. The van der Waals surface area contributed by atoms with E-state index in [-0.39, 0.29) is 35.8 Å². The molecule has 11 N–H and O–H groups in total. The van der Waals surface area contributed by atoms with Crippen molar-refractivity contribution < 1.29 is 55.9 Å². The van der Waals surface area contributed by atoms with Crippen LogP contribution in [0.3, 0.4) is 0 Å². The van der Waals surface area contributed by atoms with Crippen LogP contribution in [0, 0.1) is 0 Å². The number of aliphatic hydroxyl groups is 5. The minimum absolute atomic E-state index is 0. The number of nitrogens with one attached hydrogen (secondary N) is 1. The predicted molar refractivity (Wildman–Crippen MR) is 86.5 cm³/mol. The van der Waals surface area contributed by atoms with Crippen LogP contribution in [0.1, 0.15) is 13.3 Å². The number of carbonyl (C=O) groups excluding carboxylic acids is 1. The maximum Gasteiger partial charge on any atom is 0.364 e. The third-order valence-electron chi connectivity index (χ3n) is 3.21. The van der Waals surface area contributed by atoms with Gasteiger partial charge in [0, 0.05) is 13.3 Å². The molecule has 6 atom stereocenters. The van der Waals surface area contributed by atoms with E-state index in [0.717, 1.165) is 6.92 Å². The number of aliphatic carboxylic acids is 1. The number of aliphatic hydroxyl groups excluding tert-OH is 4. The van der Waals surface area contributed by atoms with Crippen molar-refractivity contribution in [3.8, 4) is 0 Å². The quantitative estimate of drug-likeness (QED) is 0.227. The third-order valence-corrected chi connectivity index (χ3v) is 3.21. The molecule has 0 bridgehead atoms. The molecule has 1 amide bonds.